The largest absolute Gasteiger partial charge is 0.494 e. The summed E-state index contributed by atoms with van der Waals surface area (Å²) in [7, 11) is 3.21. The van der Waals surface area contributed by atoms with Gasteiger partial charge in [0.05, 0.1) is 13.0 Å². The van der Waals surface area contributed by atoms with E-state index in [1.165, 1.54) is 9.58 Å². The molecule has 2 heterocycles. The molecule has 0 spiro atoms. The van der Waals surface area contributed by atoms with Gasteiger partial charge in [0.15, 0.2) is 12.2 Å². The quantitative estimate of drug-likeness (QED) is 0.323. The number of amides is 3. The molecule has 1 aliphatic rings. The van der Waals surface area contributed by atoms with Crippen molar-refractivity contribution in [1.29, 1.82) is 0 Å². The molecule has 3 amide bonds. The van der Waals surface area contributed by atoms with Crippen molar-refractivity contribution in [3.8, 4) is 5.75 Å². The number of carbonyl (C=O) groups excluding carboxylic acids is 3. The molecule has 1 saturated heterocycles. The molecule has 1 aromatic heterocycles. The highest BCUT2D eigenvalue weighted by atomic mass is 32.1. The van der Waals surface area contributed by atoms with Gasteiger partial charge in [-0.15, -0.1) is 0 Å². The van der Waals surface area contributed by atoms with Crippen LogP contribution < -0.4 is 20.1 Å². The van der Waals surface area contributed by atoms with Gasteiger partial charge in [0, 0.05) is 18.3 Å². The van der Waals surface area contributed by atoms with E-state index in [4.69, 9.17) is 21.5 Å². The lowest BCUT2D eigenvalue weighted by molar-refractivity contribution is -0.746. The van der Waals surface area contributed by atoms with E-state index in [-0.39, 0.29) is 41.7 Å². The number of rotatable bonds is 9. The average Bonchev–Trinajstić information content (AvgIpc) is 3.33. The molecule has 1 unspecified atom stereocenters. The average molecular weight is 524 g/mol. The number of thiocarbonyl (C=S) groups is 1. The third-order valence-electron chi connectivity index (χ3n) is 5.84. The second kappa shape index (κ2) is 11.2. The van der Waals surface area contributed by atoms with E-state index in [1.54, 1.807) is 67.5 Å². The van der Waals surface area contributed by atoms with Crippen molar-refractivity contribution in [2.45, 2.75) is 25.9 Å². The second-order valence-corrected chi connectivity index (χ2v) is 8.69. The Kier molecular flexibility index (Phi) is 7.77. The van der Waals surface area contributed by atoms with Crippen molar-refractivity contribution in [3.05, 3.63) is 65.9 Å². The molecule has 0 saturated carbocycles. The molecule has 2 N–H and O–H groups in total. The maximum atomic E-state index is 13.0. The second-order valence-electron chi connectivity index (χ2n) is 8.33. The number of aromatic nitrogens is 2. The lowest BCUT2D eigenvalue weighted by Gasteiger charge is -2.21. The smallest absolute Gasteiger partial charge is 0.307 e. The molecule has 1 fully saturated rings. The topological polar surface area (TPSA) is 121 Å². The summed E-state index contributed by atoms with van der Waals surface area (Å²) in [5.41, 5.74) is 1.51. The summed E-state index contributed by atoms with van der Waals surface area (Å²) < 4.78 is 12.2. The van der Waals surface area contributed by atoms with Crippen molar-refractivity contribution in [2.24, 2.45) is 7.05 Å². The Balaban J connectivity index is 1.49. The van der Waals surface area contributed by atoms with Crippen LogP contribution in [0.2, 0.25) is 0 Å². The Hall–Kier alpha value is -4.32. The number of hydrogen-bond acceptors (Lipinski definition) is 7. The first-order valence-electron chi connectivity index (χ1n) is 11.6. The van der Waals surface area contributed by atoms with Gasteiger partial charge in [0.2, 0.25) is 11.2 Å². The standard InChI is InChI=1S/C25H26N6O5S/c1-4-35-18-12-10-17(11-13-18)26-21(32)14-19-24(34)29(2)25(37)31(19)15-20-23(36-28-30(20)3)27-22(33)16-8-6-5-7-9-16/h5-13,19H,4,14-15H2,1-3H3,(H-,26,27,28,32,33)/p+1. The van der Waals surface area contributed by atoms with Crippen LogP contribution in [0.25, 0.3) is 0 Å². The molecule has 12 heteroatoms. The van der Waals surface area contributed by atoms with E-state index in [0.29, 0.717) is 29.3 Å². The number of nitrogens with one attached hydrogen (secondary N) is 2. The van der Waals surface area contributed by atoms with Gasteiger partial charge < -0.3 is 15.0 Å². The lowest BCUT2D eigenvalue weighted by atomic mass is 10.1. The van der Waals surface area contributed by atoms with Crippen molar-refractivity contribution in [2.75, 3.05) is 24.3 Å². The molecule has 4 rings (SSSR count). The van der Waals surface area contributed by atoms with Gasteiger partial charge in [0.25, 0.3) is 17.5 Å². The summed E-state index contributed by atoms with van der Waals surface area (Å²) in [6, 6.07) is 14.8. The Morgan fingerprint density at radius 1 is 1.14 bits per heavy atom. The van der Waals surface area contributed by atoms with Crippen LogP contribution in [0.15, 0.2) is 59.1 Å². The predicted molar refractivity (Wildman–Crippen MR) is 138 cm³/mol. The molecule has 0 radical (unpaired) electrons. The SMILES string of the molecule is CCOc1ccc(NC(=O)CC2C(=O)N(C)C(=S)N2Cc2c(NC(=O)c3ccccc3)on[n+]2C)cc1. The van der Waals surface area contributed by atoms with Gasteiger partial charge >= 0.3 is 5.88 Å². The highest BCUT2D eigenvalue weighted by Crippen LogP contribution is 2.25. The van der Waals surface area contributed by atoms with Crippen molar-refractivity contribution < 1.29 is 28.3 Å². The molecular formula is C25H27N6O5S+. The van der Waals surface area contributed by atoms with Gasteiger partial charge in [-0.25, -0.2) is 0 Å². The first-order valence-corrected chi connectivity index (χ1v) is 12.0. The molecule has 192 valence electrons. The molecular weight excluding hydrogens is 496 g/mol. The lowest BCUT2D eigenvalue weighted by Crippen LogP contribution is -2.42. The number of likely N-dealkylation sites (N-methyl/N-ethyl adjacent to an activating group) is 1. The van der Waals surface area contributed by atoms with Crippen LogP contribution in [0.1, 0.15) is 29.4 Å². The van der Waals surface area contributed by atoms with Crippen LogP contribution in [0.5, 0.6) is 5.75 Å². The summed E-state index contributed by atoms with van der Waals surface area (Å²) in [4.78, 5) is 41.4. The molecule has 0 bridgehead atoms. The minimum atomic E-state index is -0.840. The molecule has 1 aliphatic heterocycles. The maximum Gasteiger partial charge on any atom is 0.307 e. The van der Waals surface area contributed by atoms with Gasteiger partial charge in [0.1, 0.15) is 18.3 Å². The molecule has 1 atom stereocenters. The summed E-state index contributed by atoms with van der Waals surface area (Å²) >= 11 is 5.50. The van der Waals surface area contributed by atoms with Gasteiger partial charge in [-0.2, -0.15) is 0 Å². The Bertz CT molecular complexity index is 1310. The van der Waals surface area contributed by atoms with E-state index in [0.717, 1.165) is 0 Å². The fourth-order valence-corrected chi connectivity index (χ4v) is 4.17. The molecule has 3 aromatic rings. The Morgan fingerprint density at radius 3 is 2.51 bits per heavy atom. The van der Waals surface area contributed by atoms with Crippen LogP contribution in [-0.4, -0.2) is 57.6 Å². The van der Waals surface area contributed by atoms with Crippen molar-refractivity contribution >= 4 is 46.6 Å². The van der Waals surface area contributed by atoms with Crippen LogP contribution in [0.4, 0.5) is 11.6 Å². The monoisotopic (exact) mass is 523 g/mol. The fourth-order valence-electron chi connectivity index (χ4n) is 3.89. The van der Waals surface area contributed by atoms with Crippen molar-refractivity contribution in [1.82, 2.24) is 15.1 Å². The number of nitrogens with zero attached hydrogens (tertiary/aromatic N) is 4. The molecule has 11 nitrogen and oxygen atoms in total. The number of anilines is 2. The molecule has 37 heavy (non-hydrogen) atoms. The summed E-state index contributed by atoms with van der Waals surface area (Å²) in [6.07, 6.45) is -0.128. The summed E-state index contributed by atoms with van der Waals surface area (Å²) in [5.74, 6) is -0.207. The third-order valence-corrected chi connectivity index (χ3v) is 6.35. The van der Waals surface area contributed by atoms with Crippen LogP contribution in [0.3, 0.4) is 0 Å². The van der Waals surface area contributed by atoms with E-state index in [2.05, 4.69) is 15.9 Å². The summed E-state index contributed by atoms with van der Waals surface area (Å²) in [6.45, 7) is 2.52. The number of ether oxygens (including phenoxy) is 1. The molecule has 2 aromatic carbocycles. The Morgan fingerprint density at radius 2 is 1.84 bits per heavy atom. The number of aryl methyl sites for hydroxylation is 1. The van der Waals surface area contributed by atoms with Crippen LogP contribution in [0, 0.1) is 0 Å². The fraction of sp³-hybridized carbons (Fsp3) is 0.280. The maximum absolute atomic E-state index is 13.0. The third kappa shape index (κ3) is 5.75. The Labute approximate surface area is 218 Å². The number of benzene rings is 2. The number of hydrogen-bond donors (Lipinski definition) is 2. The first kappa shape index (κ1) is 25.8. The zero-order chi connectivity index (χ0) is 26.5. The zero-order valence-electron chi connectivity index (χ0n) is 20.6. The first-order chi connectivity index (χ1) is 17.8. The van der Waals surface area contributed by atoms with Crippen LogP contribution >= 0.6 is 12.2 Å². The molecule has 0 aliphatic carbocycles. The van der Waals surface area contributed by atoms with E-state index >= 15 is 0 Å². The van der Waals surface area contributed by atoms with E-state index in [1.807, 2.05) is 13.0 Å². The van der Waals surface area contributed by atoms with Gasteiger partial charge in [-0.1, -0.05) is 18.2 Å². The summed E-state index contributed by atoms with van der Waals surface area (Å²) in [5, 5.41) is 9.67. The zero-order valence-corrected chi connectivity index (χ0v) is 21.4. The van der Waals surface area contributed by atoms with Gasteiger partial charge in [-0.05, 0) is 60.2 Å². The minimum Gasteiger partial charge on any atom is -0.494 e. The van der Waals surface area contributed by atoms with Crippen molar-refractivity contribution in [3.63, 3.8) is 0 Å². The van der Waals surface area contributed by atoms with Crippen LogP contribution in [-0.2, 0) is 23.2 Å². The van der Waals surface area contributed by atoms with E-state index < -0.39 is 6.04 Å². The highest BCUT2D eigenvalue weighted by Gasteiger charge is 2.43. The minimum absolute atomic E-state index is 0.0836. The highest BCUT2D eigenvalue weighted by molar-refractivity contribution is 7.80. The number of carbonyl (C=O) groups is 3. The predicted octanol–water partition coefficient (Wildman–Crippen LogP) is 2.11. The van der Waals surface area contributed by atoms with E-state index in [9.17, 15) is 14.4 Å². The normalized spacial score (nSPS) is 15.2. The van der Waals surface area contributed by atoms with Gasteiger partial charge in [-0.3, -0.25) is 29.1 Å².